The number of carbonyl (C=O) groups excluding carboxylic acids is 2. The van der Waals surface area contributed by atoms with Gasteiger partial charge >= 0.3 is 11.9 Å². The molecule has 0 aromatic rings. The standard InChI is InChI=1S/C43H67NO4/c1-26(2)30-16-23-43(44)25-24-40(10)32(35(30)43)12-13-34-39(9)19-17-31(38(7,8)33(39)18-20-41(34,40)11)29-14-21-42(22-15-29,36(45)47-27(3)4)37(46)48-28(5)6/h14,17,27-28,30,32-35H,1,12-13,15-16,18-25,44H2,2-11H3/t30-,32+,33-,34+,35+,39-,40+,41+,43-/m0/s1. The quantitative estimate of drug-likeness (QED) is 0.174. The summed E-state index contributed by atoms with van der Waals surface area (Å²) < 4.78 is 11.3. The second kappa shape index (κ2) is 11.8. The molecule has 0 aliphatic heterocycles. The van der Waals surface area contributed by atoms with Crippen molar-refractivity contribution in [3.8, 4) is 0 Å². The minimum atomic E-state index is -1.27. The van der Waals surface area contributed by atoms with Gasteiger partial charge in [0.05, 0.1) is 12.2 Å². The Morgan fingerprint density at radius 1 is 0.792 bits per heavy atom. The van der Waals surface area contributed by atoms with Gasteiger partial charge in [-0.15, -0.1) is 0 Å². The second-order valence-corrected chi connectivity index (χ2v) is 19.4. The van der Waals surface area contributed by atoms with Gasteiger partial charge in [0.1, 0.15) is 0 Å². The molecule has 0 unspecified atom stereocenters. The maximum atomic E-state index is 13.4. The molecule has 6 aliphatic carbocycles. The molecule has 0 spiro atoms. The number of hydrogen-bond donors (Lipinski definition) is 1. The maximum absolute atomic E-state index is 13.4. The average Bonchev–Trinajstić information content (AvgIpc) is 3.34. The van der Waals surface area contributed by atoms with Crippen molar-refractivity contribution in [3.05, 3.63) is 35.5 Å². The summed E-state index contributed by atoms with van der Waals surface area (Å²) in [7, 11) is 0. The number of rotatable bonds is 6. The molecule has 0 aromatic heterocycles. The van der Waals surface area contributed by atoms with Gasteiger partial charge in [0.2, 0.25) is 0 Å². The van der Waals surface area contributed by atoms with Crippen LogP contribution in [-0.4, -0.2) is 29.7 Å². The van der Waals surface area contributed by atoms with Crippen LogP contribution in [0.5, 0.6) is 0 Å². The van der Waals surface area contributed by atoms with Crippen LogP contribution in [-0.2, 0) is 19.1 Å². The van der Waals surface area contributed by atoms with Crippen LogP contribution >= 0.6 is 0 Å². The molecule has 2 N–H and O–H groups in total. The molecule has 268 valence electrons. The summed E-state index contributed by atoms with van der Waals surface area (Å²) in [6.07, 6.45) is 16.7. The lowest BCUT2D eigenvalue weighted by Crippen LogP contribution is -2.67. The molecule has 0 heterocycles. The summed E-state index contributed by atoms with van der Waals surface area (Å²) in [5.41, 5.74) is 11.0. The summed E-state index contributed by atoms with van der Waals surface area (Å²) in [5.74, 6) is 2.21. The first-order valence-electron chi connectivity index (χ1n) is 19.5. The van der Waals surface area contributed by atoms with Crippen LogP contribution in [0.4, 0.5) is 0 Å². The lowest BCUT2D eigenvalue weighted by atomic mass is 9.33. The van der Waals surface area contributed by atoms with E-state index in [2.05, 4.69) is 60.3 Å². The summed E-state index contributed by atoms with van der Waals surface area (Å²) in [6, 6.07) is 0. The largest absolute Gasteiger partial charge is 0.462 e. The fourth-order valence-corrected chi connectivity index (χ4v) is 13.6. The molecule has 0 bridgehead atoms. The summed E-state index contributed by atoms with van der Waals surface area (Å²) in [5, 5.41) is 0. The van der Waals surface area contributed by atoms with Crippen LogP contribution in [0.25, 0.3) is 0 Å². The van der Waals surface area contributed by atoms with Crippen molar-refractivity contribution < 1.29 is 19.1 Å². The predicted octanol–water partition coefficient (Wildman–Crippen LogP) is 9.89. The van der Waals surface area contributed by atoms with E-state index >= 15 is 0 Å². The first-order valence-corrected chi connectivity index (χ1v) is 19.5. The van der Waals surface area contributed by atoms with E-state index in [1.54, 1.807) is 0 Å². The Labute approximate surface area is 292 Å². The summed E-state index contributed by atoms with van der Waals surface area (Å²) in [4.78, 5) is 26.9. The number of nitrogens with two attached hydrogens (primary N) is 1. The molecule has 5 nitrogen and oxygen atoms in total. The minimum Gasteiger partial charge on any atom is -0.462 e. The Morgan fingerprint density at radius 3 is 2.00 bits per heavy atom. The topological polar surface area (TPSA) is 78.6 Å². The Balaban J connectivity index is 1.29. The zero-order valence-corrected chi connectivity index (χ0v) is 32.1. The Kier molecular flexibility index (Phi) is 8.86. The molecule has 0 radical (unpaired) electrons. The molecule has 6 aliphatic rings. The van der Waals surface area contributed by atoms with Gasteiger partial charge in [0.25, 0.3) is 0 Å². The van der Waals surface area contributed by atoms with Crippen molar-refractivity contribution in [2.24, 2.45) is 62.4 Å². The Bertz CT molecular complexity index is 1380. The molecule has 4 fully saturated rings. The number of ether oxygens (including phenoxy) is 2. The van der Waals surface area contributed by atoms with Gasteiger partial charge in [-0.1, -0.05) is 58.9 Å². The maximum Gasteiger partial charge on any atom is 0.324 e. The van der Waals surface area contributed by atoms with E-state index in [9.17, 15) is 9.59 Å². The van der Waals surface area contributed by atoms with Gasteiger partial charge in [0.15, 0.2) is 5.41 Å². The molecular weight excluding hydrogens is 594 g/mol. The molecule has 6 rings (SSSR count). The van der Waals surface area contributed by atoms with E-state index in [4.69, 9.17) is 15.2 Å². The van der Waals surface area contributed by atoms with Crippen LogP contribution in [0.1, 0.15) is 146 Å². The highest BCUT2D eigenvalue weighted by Crippen LogP contribution is 2.76. The van der Waals surface area contributed by atoms with E-state index in [0.717, 1.165) is 19.3 Å². The van der Waals surface area contributed by atoms with Crippen molar-refractivity contribution in [2.75, 3.05) is 0 Å². The Morgan fingerprint density at radius 2 is 1.44 bits per heavy atom. The molecule has 5 heteroatoms. The number of fused-ring (bicyclic) bond motifs is 7. The van der Waals surface area contributed by atoms with E-state index in [1.807, 2.05) is 27.7 Å². The first-order chi connectivity index (χ1) is 22.3. The lowest BCUT2D eigenvalue weighted by Gasteiger charge is -2.72. The van der Waals surface area contributed by atoms with Crippen LogP contribution < -0.4 is 5.73 Å². The van der Waals surface area contributed by atoms with Gasteiger partial charge in [-0.05, 0) is 174 Å². The molecule has 0 saturated heterocycles. The van der Waals surface area contributed by atoms with E-state index in [1.165, 1.54) is 55.2 Å². The first kappa shape index (κ1) is 35.9. The third-order valence-corrected chi connectivity index (χ3v) is 16.0. The van der Waals surface area contributed by atoms with E-state index in [-0.39, 0.29) is 28.6 Å². The van der Waals surface area contributed by atoms with Gasteiger partial charge in [0, 0.05) is 5.54 Å². The number of hydrogen-bond acceptors (Lipinski definition) is 5. The average molecular weight is 662 g/mol. The third kappa shape index (κ3) is 5.08. The fraction of sp³-hybridized carbons (Fsp3) is 0.814. The summed E-state index contributed by atoms with van der Waals surface area (Å²) in [6.45, 7) is 27.1. The zero-order valence-electron chi connectivity index (χ0n) is 32.1. The van der Waals surface area contributed by atoms with Gasteiger partial charge in [-0.25, -0.2) is 0 Å². The van der Waals surface area contributed by atoms with Crippen molar-refractivity contribution >= 4 is 11.9 Å². The predicted molar refractivity (Wildman–Crippen MR) is 194 cm³/mol. The monoisotopic (exact) mass is 662 g/mol. The van der Waals surface area contributed by atoms with Gasteiger partial charge in [-0.3, -0.25) is 9.59 Å². The fourth-order valence-electron chi connectivity index (χ4n) is 13.6. The highest BCUT2D eigenvalue weighted by Gasteiger charge is 2.70. The highest BCUT2D eigenvalue weighted by molar-refractivity contribution is 6.00. The number of allylic oxidation sites excluding steroid dienone is 5. The number of carbonyl (C=O) groups is 2. The normalized spacial score (nSPS) is 42.8. The lowest BCUT2D eigenvalue weighted by molar-refractivity contribution is -0.219. The Hall–Kier alpha value is -1.88. The molecular formula is C43H67NO4. The highest BCUT2D eigenvalue weighted by atomic mass is 16.6. The summed E-state index contributed by atoms with van der Waals surface area (Å²) >= 11 is 0. The van der Waals surface area contributed by atoms with Crippen LogP contribution in [0, 0.1) is 56.7 Å². The zero-order chi connectivity index (χ0) is 35.2. The van der Waals surface area contributed by atoms with Crippen LogP contribution in [0.2, 0.25) is 0 Å². The molecule has 9 atom stereocenters. The SMILES string of the molecule is C=C(C)[C@@H]1CC[C@]2(N)CC[C@]3(C)[C@H](CC[C@@H]4[C@@]5(C)CC=C(C6=CCC(C(=O)OC(C)C)(C(=O)OC(C)C)CC6)C(C)(C)[C@@H]5CC[C@]43C)[C@@H]12. The molecule has 4 saturated carbocycles. The van der Waals surface area contributed by atoms with Gasteiger partial charge < -0.3 is 15.2 Å². The molecule has 48 heavy (non-hydrogen) atoms. The van der Waals surface area contributed by atoms with Crippen molar-refractivity contribution in [2.45, 2.75) is 164 Å². The van der Waals surface area contributed by atoms with Crippen molar-refractivity contribution in [1.82, 2.24) is 0 Å². The molecule has 0 aromatic carbocycles. The van der Waals surface area contributed by atoms with Crippen molar-refractivity contribution in [1.29, 1.82) is 0 Å². The van der Waals surface area contributed by atoms with Crippen LogP contribution in [0.3, 0.4) is 0 Å². The van der Waals surface area contributed by atoms with E-state index in [0.29, 0.717) is 59.7 Å². The second-order valence-electron chi connectivity index (χ2n) is 19.4. The smallest absolute Gasteiger partial charge is 0.324 e. The van der Waals surface area contributed by atoms with E-state index < -0.39 is 17.4 Å². The number of esters is 2. The van der Waals surface area contributed by atoms with Crippen molar-refractivity contribution in [3.63, 3.8) is 0 Å². The third-order valence-electron chi connectivity index (χ3n) is 16.0. The molecule has 0 amide bonds. The minimum absolute atomic E-state index is 0.00424. The van der Waals surface area contributed by atoms with Crippen LogP contribution in [0.15, 0.2) is 35.5 Å². The van der Waals surface area contributed by atoms with Gasteiger partial charge in [-0.2, -0.15) is 0 Å².